The number of phenolic OH excluding ortho intramolecular Hbond substituents is 1. The van der Waals surface area contributed by atoms with Crippen molar-refractivity contribution in [2.75, 3.05) is 7.11 Å². The summed E-state index contributed by atoms with van der Waals surface area (Å²) in [6, 6.07) is 4.49. The maximum atomic E-state index is 12.1. The number of rotatable bonds is 4. The number of carbonyl (C=O) groups excluding carboxylic acids is 2. The van der Waals surface area contributed by atoms with Crippen molar-refractivity contribution in [3.05, 3.63) is 29.8 Å². The molecule has 0 amide bonds. The van der Waals surface area contributed by atoms with Gasteiger partial charge in [-0.1, -0.05) is 6.07 Å². The van der Waals surface area contributed by atoms with Crippen molar-refractivity contribution in [3.8, 4) is 11.5 Å². The zero-order valence-corrected chi connectivity index (χ0v) is 13.4. The van der Waals surface area contributed by atoms with Gasteiger partial charge in [-0.15, -0.1) is 0 Å². The summed E-state index contributed by atoms with van der Waals surface area (Å²) in [6.45, 7) is 0. The Morgan fingerprint density at radius 3 is 2.64 bits per heavy atom. The van der Waals surface area contributed by atoms with Crippen molar-refractivity contribution in [1.29, 1.82) is 0 Å². The van der Waals surface area contributed by atoms with E-state index in [2.05, 4.69) is 0 Å². The number of fused-ring (bicyclic) bond motifs is 3. The van der Waals surface area contributed by atoms with Crippen molar-refractivity contribution in [3.63, 3.8) is 0 Å². The van der Waals surface area contributed by atoms with Crippen molar-refractivity contribution < 1.29 is 39.1 Å². The number of aliphatic hydroxyl groups excluding tert-OH is 2. The van der Waals surface area contributed by atoms with Crippen LogP contribution in [0, 0.1) is 0 Å². The topological polar surface area (TPSA) is 123 Å². The monoisotopic (exact) mass is 350 g/mol. The Kier molecular flexibility index (Phi) is 4.40. The Bertz CT molecular complexity index is 713. The first-order valence-electron chi connectivity index (χ1n) is 7.70. The number of phenols is 1. The van der Waals surface area contributed by atoms with E-state index in [0.29, 0.717) is 5.56 Å². The second-order valence-corrected chi connectivity index (χ2v) is 6.09. The quantitative estimate of drug-likeness (QED) is 0.518. The number of methoxy groups -OCH3 is 1. The molecule has 3 aliphatic rings. The van der Waals surface area contributed by atoms with Gasteiger partial charge in [0.15, 0.2) is 17.6 Å². The van der Waals surface area contributed by atoms with Crippen LogP contribution in [0.1, 0.15) is 18.4 Å². The highest BCUT2D eigenvalue weighted by molar-refractivity contribution is 5.91. The first-order chi connectivity index (χ1) is 11.8. The number of benzene rings is 1. The smallest absolute Gasteiger partial charge is 0.351 e. The molecule has 2 bridgehead atoms. The number of aromatic hydroxyl groups is 1. The lowest BCUT2D eigenvalue weighted by molar-refractivity contribution is -0.245. The standard InChI is InChI=1S/C17H18O8/c1-23-13-6-9(2-4-10(13)18)3-5-14(21)25-17-7-11(19)15(12(20)8-17)24-16(17)22/h2-6,11-12,15,18-20H,7-8H2,1H3/b5-3+/t11-,12-,15?,17?/m1/s1. The molecule has 2 saturated heterocycles. The first-order valence-corrected chi connectivity index (χ1v) is 7.70. The SMILES string of the molecule is COc1cc(/C=C/C(=O)OC23C[C@@H](O)C(OC2=O)[C@H](O)C3)ccc1O. The molecule has 0 unspecified atom stereocenters. The minimum Gasteiger partial charge on any atom is -0.504 e. The zero-order chi connectivity index (χ0) is 18.2. The average Bonchev–Trinajstić information content (AvgIpc) is 2.56. The summed E-state index contributed by atoms with van der Waals surface area (Å²) in [7, 11) is 1.40. The van der Waals surface area contributed by atoms with Crippen LogP contribution in [-0.4, -0.2) is 58.3 Å². The first kappa shape index (κ1) is 17.2. The molecule has 1 aromatic carbocycles. The largest absolute Gasteiger partial charge is 0.504 e. The molecule has 1 saturated carbocycles. The fourth-order valence-corrected chi connectivity index (χ4v) is 3.12. The number of aliphatic hydroxyl groups is 2. The van der Waals surface area contributed by atoms with Crippen LogP contribution in [0.5, 0.6) is 11.5 Å². The third-order valence-electron chi connectivity index (χ3n) is 4.36. The third kappa shape index (κ3) is 3.18. The van der Waals surface area contributed by atoms with Gasteiger partial charge in [-0.25, -0.2) is 9.59 Å². The van der Waals surface area contributed by atoms with Crippen LogP contribution in [0.15, 0.2) is 24.3 Å². The Morgan fingerprint density at radius 2 is 2.00 bits per heavy atom. The highest BCUT2D eigenvalue weighted by atomic mass is 16.6. The Labute approximate surface area is 143 Å². The molecule has 8 nitrogen and oxygen atoms in total. The van der Waals surface area contributed by atoms with E-state index < -0.39 is 35.9 Å². The lowest BCUT2D eigenvalue weighted by Crippen LogP contribution is -2.65. The van der Waals surface area contributed by atoms with E-state index in [1.165, 1.54) is 25.3 Å². The molecule has 0 radical (unpaired) electrons. The Balaban J connectivity index is 1.72. The molecular formula is C17H18O8. The van der Waals surface area contributed by atoms with Crippen LogP contribution in [-0.2, 0) is 19.1 Å². The lowest BCUT2D eigenvalue weighted by Gasteiger charge is -2.48. The van der Waals surface area contributed by atoms with Gasteiger partial charge in [-0.2, -0.15) is 0 Å². The highest BCUT2D eigenvalue weighted by Crippen LogP contribution is 2.40. The van der Waals surface area contributed by atoms with Crippen LogP contribution in [0.25, 0.3) is 6.08 Å². The fourth-order valence-electron chi connectivity index (χ4n) is 3.12. The van der Waals surface area contributed by atoms with Gasteiger partial charge in [0.25, 0.3) is 0 Å². The van der Waals surface area contributed by atoms with Gasteiger partial charge in [0, 0.05) is 18.9 Å². The van der Waals surface area contributed by atoms with Crippen molar-refractivity contribution in [2.45, 2.75) is 36.8 Å². The Hall–Kier alpha value is -2.58. The summed E-state index contributed by atoms with van der Waals surface area (Å²) in [6.07, 6.45) is -0.839. The molecule has 2 aliphatic heterocycles. The molecule has 8 heteroatoms. The second-order valence-electron chi connectivity index (χ2n) is 6.09. The van der Waals surface area contributed by atoms with Crippen molar-refractivity contribution in [1.82, 2.24) is 0 Å². The summed E-state index contributed by atoms with van der Waals surface area (Å²) in [5.74, 6) is -1.37. The van der Waals surface area contributed by atoms with E-state index >= 15 is 0 Å². The molecule has 1 aromatic rings. The zero-order valence-electron chi connectivity index (χ0n) is 13.4. The summed E-state index contributed by atoms with van der Waals surface area (Å²) >= 11 is 0. The maximum Gasteiger partial charge on any atom is 0.351 e. The van der Waals surface area contributed by atoms with Crippen LogP contribution in [0.4, 0.5) is 0 Å². The molecule has 0 aromatic heterocycles. The van der Waals surface area contributed by atoms with Crippen molar-refractivity contribution >= 4 is 18.0 Å². The van der Waals surface area contributed by atoms with Gasteiger partial charge in [0.05, 0.1) is 19.3 Å². The molecule has 1 aliphatic carbocycles. The van der Waals surface area contributed by atoms with Crippen molar-refractivity contribution in [2.24, 2.45) is 0 Å². The lowest BCUT2D eigenvalue weighted by atomic mass is 9.76. The van der Waals surface area contributed by atoms with E-state index in [0.717, 1.165) is 6.08 Å². The predicted molar refractivity (Wildman–Crippen MR) is 83.6 cm³/mol. The van der Waals surface area contributed by atoms with Gasteiger partial charge in [0.2, 0.25) is 5.60 Å². The van der Waals surface area contributed by atoms with E-state index in [1.807, 2.05) is 0 Å². The average molecular weight is 350 g/mol. The van der Waals surface area contributed by atoms with E-state index in [1.54, 1.807) is 6.07 Å². The van der Waals surface area contributed by atoms with Crippen LogP contribution < -0.4 is 4.74 Å². The molecule has 3 fully saturated rings. The van der Waals surface area contributed by atoms with Gasteiger partial charge < -0.3 is 29.5 Å². The molecule has 25 heavy (non-hydrogen) atoms. The van der Waals surface area contributed by atoms with Crippen LogP contribution in [0.2, 0.25) is 0 Å². The number of ether oxygens (including phenoxy) is 3. The molecule has 0 spiro atoms. The normalized spacial score (nSPS) is 31.0. The maximum absolute atomic E-state index is 12.1. The van der Waals surface area contributed by atoms with Gasteiger partial charge in [0.1, 0.15) is 0 Å². The highest BCUT2D eigenvalue weighted by Gasteiger charge is 2.60. The summed E-state index contributed by atoms with van der Waals surface area (Å²) < 4.78 is 15.1. The Morgan fingerprint density at radius 1 is 1.32 bits per heavy atom. The van der Waals surface area contributed by atoms with Gasteiger partial charge >= 0.3 is 11.9 Å². The molecular weight excluding hydrogens is 332 g/mol. The molecule has 3 N–H and O–H groups in total. The second kappa shape index (κ2) is 6.38. The number of carbonyl (C=O) groups is 2. The van der Waals surface area contributed by atoms with Crippen LogP contribution >= 0.6 is 0 Å². The number of hydrogen-bond acceptors (Lipinski definition) is 8. The third-order valence-corrected chi connectivity index (χ3v) is 4.36. The summed E-state index contributed by atoms with van der Waals surface area (Å²) in [5.41, 5.74) is -1.11. The molecule has 2 heterocycles. The number of hydrogen-bond donors (Lipinski definition) is 3. The molecule has 4 rings (SSSR count). The minimum atomic E-state index is -1.68. The summed E-state index contributed by atoms with van der Waals surface area (Å²) in [5, 5.41) is 29.3. The van der Waals surface area contributed by atoms with Gasteiger partial charge in [-0.3, -0.25) is 0 Å². The van der Waals surface area contributed by atoms with E-state index in [-0.39, 0.29) is 24.3 Å². The van der Waals surface area contributed by atoms with E-state index in [9.17, 15) is 24.9 Å². The predicted octanol–water partition coefficient (Wildman–Crippen LogP) is 0.137. The fraction of sp³-hybridized carbons (Fsp3) is 0.412. The van der Waals surface area contributed by atoms with E-state index in [4.69, 9.17) is 14.2 Å². The molecule has 134 valence electrons. The van der Waals surface area contributed by atoms with Gasteiger partial charge in [-0.05, 0) is 23.8 Å². The number of esters is 2. The van der Waals surface area contributed by atoms with Crippen LogP contribution in [0.3, 0.4) is 0 Å². The molecule has 2 atom stereocenters. The minimum absolute atomic E-state index is 0.0363. The summed E-state index contributed by atoms with van der Waals surface area (Å²) in [4.78, 5) is 24.1.